The SMILES string of the molecule is CNc1ccc(C(=O)N2CCCC(C3CC3)C2)cn1. The summed E-state index contributed by atoms with van der Waals surface area (Å²) >= 11 is 0. The molecule has 4 nitrogen and oxygen atoms in total. The van der Waals surface area contributed by atoms with Crippen LogP contribution in [0.15, 0.2) is 18.3 Å². The van der Waals surface area contributed by atoms with Gasteiger partial charge < -0.3 is 10.2 Å². The minimum absolute atomic E-state index is 0.139. The normalized spacial score (nSPS) is 23.2. The van der Waals surface area contributed by atoms with Gasteiger partial charge in [0.2, 0.25) is 0 Å². The van der Waals surface area contributed by atoms with Gasteiger partial charge in [0, 0.05) is 26.3 Å². The fourth-order valence-electron chi connectivity index (χ4n) is 3.00. The van der Waals surface area contributed by atoms with E-state index in [4.69, 9.17) is 0 Å². The van der Waals surface area contributed by atoms with Crippen LogP contribution in [-0.2, 0) is 0 Å². The number of rotatable bonds is 3. The lowest BCUT2D eigenvalue weighted by atomic mass is 9.93. The van der Waals surface area contributed by atoms with Crippen molar-refractivity contribution in [3.63, 3.8) is 0 Å². The average Bonchev–Trinajstić information content (AvgIpc) is 3.31. The summed E-state index contributed by atoms with van der Waals surface area (Å²) in [6.07, 6.45) is 6.85. The van der Waals surface area contributed by atoms with E-state index in [0.29, 0.717) is 5.56 Å². The highest BCUT2D eigenvalue weighted by Gasteiger charge is 2.35. The number of anilines is 1. The minimum Gasteiger partial charge on any atom is -0.373 e. The van der Waals surface area contributed by atoms with Crippen molar-refractivity contribution in [2.75, 3.05) is 25.5 Å². The minimum atomic E-state index is 0.139. The van der Waals surface area contributed by atoms with E-state index in [1.165, 1.54) is 19.3 Å². The van der Waals surface area contributed by atoms with Gasteiger partial charge in [0.1, 0.15) is 5.82 Å². The van der Waals surface area contributed by atoms with E-state index in [0.717, 1.165) is 37.2 Å². The smallest absolute Gasteiger partial charge is 0.255 e. The zero-order valence-electron chi connectivity index (χ0n) is 11.4. The fraction of sp³-hybridized carbons (Fsp3) is 0.600. The van der Waals surface area contributed by atoms with Gasteiger partial charge in [-0.2, -0.15) is 0 Å². The molecular formula is C15H21N3O. The number of piperidine rings is 1. The van der Waals surface area contributed by atoms with E-state index >= 15 is 0 Å². The molecule has 1 aromatic heterocycles. The number of hydrogen-bond acceptors (Lipinski definition) is 3. The molecule has 0 spiro atoms. The number of carbonyl (C=O) groups excluding carboxylic acids is 1. The van der Waals surface area contributed by atoms with E-state index in [9.17, 15) is 4.79 Å². The van der Waals surface area contributed by atoms with Gasteiger partial charge in [-0.05, 0) is 49.7 Å². The molecule has 1 N–H and O–H groups in total. The third-order valence-corrected chi connectivity index (χ3v) is 4.30. The van der Waals surface area contributed by atoms with E-state index < -0.39 is 0 Å². The molecule has 0 aromatic carbocycles. The highest BCUT2D eigenvalue weighted by molar-refractivity contribution is 5.94. The Labute approximate surface area is 114 Å². The third-order valence-electron chi connectivity index (χ3n) is 4.30. The van der Waals surface area contributed by atoms with Crippen molar-refractivity contribution in [3.05, 3.63) is 23.9 Å². The van der Waals surface area contributed by atoms with Crippen molar-refractivity contribution in [3.8, 4) is 0 Å². The molecule has 2 fully saturated rings. The van der Waals surface area contributed by atoms with E-state index in [-0.39, 0.29) is 5.91 Å². The average molecular weight is 259 g/mol. The lowest BCUT2D eigenvalue weighted by molar-refractivity contribution is 0.0659. The second kappa shape index (κ2) is 5.19. The van der Waals surface area contributed by atoms with Crippen LogP contribution in [0.1, 0.15) is 36.0 Å². The van der Waals surface area contributed by atoms with E-state index in [1.807, 2.05) is 24.1 Å². The lowest BCUT2D eigenvalue weighted by Crippen LogP contribution is -2.40. The summed E-state index contributed by atoms with van der Waals surface area (Å²) in [4.78, 5) is 18.7. The van der Waals surface area contributed by atoms with Gasteiger partial charge >= 0.3 is 0 Å². The van der Waals surface area contributed by atoms with Crippen molar-refractivity contribution in [1.29, 1.82) is 0 Å². The highest BCUT2D eigenvalue weighted by atomic mass is 16.2. The molecule has 2 aliphatic rings. The van der Waals surface area contributed by atoms with Crippen LogP contribution in [-0.4, -0.2) is 35.9 Å². The maximum Gasteiger partial charge on any atom is 0.255 e. The number of nitrogens with zero attached hydrogens (tertiary/aromatic N) is 2. The summed E-state index contributed by atoms with van der Waals surface area (Å²) < 4.78 is 0. The van der Waals surface area contributed by atoms with Crippen molar-refractivity contribution >= 4 is 11.7 Å². The number of hydrogen-bond donors (Lipinski definition) is 1. The maximum absolute atomic E-state index is 12.5. The first-order valence-electron chi connectivity index (χ1n) is 7.21. The molecule has 1 unspecified atom stereocenters. The lowest BCUT2D eigenvalue weighted by Gasteiger charge is -2.33. The zero-order chi connectivity index (χ0) is 13.2. The molecule has 0 bridgehead atoms. The van der Waals surface area contributed by atoms with Crippen LogP contribution in [0.4, 0.5) is 5.82 Å². The molecule has 1 atom stereocenters. The van der Waals surface area contributed by atoms with Crippen LogP contribution in [0, 0.1) is 11.8 Å². The number of aromatic nitrogens is 1. The third kappa shape index (κ3) is 2.72. The molecule has 0 radical (unpaired) electrons. The molecule has 19 heavy (non-hydrogen) atoms. The molecule has 102 valence electrons. The summed E-state index contributed by atoms with van der Waals surface area (Å²) in [5, 5.41) is 2.97. The van der Waals surface area contributed by atoms with E-state index in [2.05, 4.69) is 10.3 Å². The Balaban J connectivity index is 1.67. The number of carbonyl (C=O) groups is 1. The predicted molar refractivity (Wildman–Crippen MR) is 75.1 cm³/mol. The summed E-state index contributed by atoms with van der Waals surface area (Å²) in [7, 11) is 1.83. The second-order valence-electron chi connectivity index (χ2n) is 5.67. The van der Waals surface area contributed by atoms with Crippen LogP contribution < -0.4 is 5.32 Å². The van der Waals surface area contributed by atoms with Crippen LogP contribution in [0.2, 0.25) is 0 Å². The molecule has 1 aliphatic carbocycles. The van der Waals surface area contributed by atoms with Gasteiger partial charge in [-0.15, -0.1) is 0 Å². The number of nitrogens with one attached hydrogen (secondary N) is 1. The number of pyridine rings is 1. The Hall–Kier alpha value is -1.58. The first-order chi connectivity index (χ1) is 9.28. The van der Waals surface area contributed by atoms with Crippen LogP contribution >= 0.6 is 0 Å². The first kappa shape index (κ1) is 12.5. The van der Waals surface area contributed by atoms with E-state index in [1.54, 1.807) is 6.20 Å². The first-order valence-corrected chi connectivity index (χ1v) is 7.21. The van der Waals surface area contributed by atoms with Crippen LogP contribution in [0.3, 0.4) is 0 Å². The van der Waals surface area contributed by atoms with Gasteiger partial charge in [0.05, 0.1) is 5.56 Å². The largest absolute Gasteiger partial charge is 0.373 e. The molecule has 3 rings (SSSR count). The standard InChI is InChI=1S/C15H21N3O/c1-16-14-7-6-12(9-17-14)15(19)18-8-2-3-13(10-18)11-4-5-11/h6-7,9,11,13H,2-5,8,10H2,1H3,(H,16,17). The second-order valence-corrected chi connectivity index (χ2v) is 5.67. The Morgan fingerprint density at radius 2 is 2.16 bits per heavy atom. The van der Waals surface area contributed by atoms with Crippen molar-refractivity contribution in [2.24, 2.45) is 11.8 Å². The molecular weight excluding hydrogens is 238 g/mol. The van der Waals surface area contributed by atoms with Crippen LogP contribution in [0.25, 0.3) is 0 Å². The maximum atomic E-state index is 12.5. The number of likely N-dealkylation sites (tertiary alicyclic amines) is 1. The van der Waals surface area contributed by atoms with Gasteiger partial charge in [-0.1, -0.05) is 0 Å². The van der Waals surface area contributed by atoms with Crippen LogP contribution in [0.5, 0.6) is 0 Å². The molecule has 1 saturated heterocycles. The van der Waals surface area contributed by atoms with Gasteiger partial charge in [-0.3, -0.25) is 4.79 Å². The molecule has 1 aromatic rings. The quantitative estimate of drug-likeness (QED) is 0.906. The van der Waals surface area contributed by atoms with Gasteiger partial charge in [0.15, 0.2) is 0 Å². The predicted octanol–water partition coefficient (Wildman–Crippen LogP) is 2.39. The summed E-state index contributed by atoms with van der Waals surface area (Å²) in [6, 6.07) is 3.72. The molecule has 1 saturated carbocycles. The Kier molecular flexibility index (Phi) is 3.40. The van der Waals surface area contributed by atoms with Gasteiger partial charge in [-0.25, -0.2) is 4.98 Å². The Morgan fingerprint density at radius 1 is 1.32 bits per heavy atom. The van der Waals surface area contributed by atoms with Crippen molar-refractivity contribution in [2.45, 2.75) is 25.7 Å². The molecule has 1 amide bonds. The highest BCUT2D eigenvalue weighted by Crippen LogP contribution is 2.41. The molecule has 4 heteroatoms. The number of amides is 1. The summed E-state index contributed by atoms with van der Waals surface area (Å²) in [5.41, 5.74) is 0.704. The fourth-order valence-corrected chi connectivity index (χ4v) is 3.00. The monoisotopic (exact) mass is 259 g/mol. The molecule has 1 aliphatic heterocycles. The zero-order valence-corrected chi connectivity index (χ0v) is 11.4. The Bertz CT molecular complexity index is 453. The Morgan fingerprint density at radius 3 is 2.79 bits per heavy atom. The topological polar surface area (TPSA) is 45.2 Å². The van der Waals surface area contributed by atoms with Crippen molar-refractivity contribution < 1.29 is 4.79 Å². The summed E-state index contributed by atoms with van der Waals surface area (Å²) in [6.45, 7) is 1.84. The summed E-state index contributed by atoms with van der Waals surface area (Å²) in [5.74, 6) is 2.56. The van der Waals surface area contributed by atoms with Crippen molar-refractivity contribution in [1.82, 2.24) is 9.88 Å². The van der Waals surface area contributed by atoms with Gasteiger partial charge in [0.25, 0.3) is 5.91 Å². The molecule has 2 heterocycles.